The Bertz CT molecular complexity index is 1060. The number of likely N-dealkylation sites (N-methyl/N-ethyl adjacent to an activating group) is 1. The van der Waals surface area contributed by atoms with Gasteiger partial charge in [-0.05, 0) is 42.4 Å². The van der Waals surface area contributed by atoms with Gasteiger partial charge in [-0.3, -0.25) is 0 Å². The van der Waals surface area contributed by atoms with E-state index in [1.165, 1.54) is 5.56 Å². The molecule has 1 heterocycles. The van der Waals surface area contributed by atoms with Crippen LogP contribution in [0.25, 0.3) is 10.9 Å². The zero-order valence-corrected chi connectivity index (χ0v) is 17.2. The number of hydrogen-bond donors (Lipinski definition) is 2. The fourth-order valence-electron chi connectivity index (χ4n) is 3.95. The normalized spacial score (nSPS) is 13.3. The Morgan fingerprint density at radius 1 is 0.933 bits per heavy atom. The largest absolute Gasteiger partial charge is 0.493 e. The number of rotatable bonds is 9. The van der Waals surface area contributed by atoms with Gasteiger partial charge in [0.15, 0.2) is 0 Å². The summed E-state index contributed by atoms with van der Waals surface area (Å²) in [6, 6.07) is 28.6. The van der Waals surface area contributed by atoms with Crippen LogP contribution in [0.4, 0.5) is 0 Å². The minimum Gasteiger partial charge on any atom is -0.493 e. The molecule has 4 aromatic rings. The van der Waals surface area contributed by atoms with Crippen molar-refractivity contribution in [2.24, 2.45) is 0 Å². The van der Waals surface area contributed by atoms with Crippen molar-refractivity contribution < 1.29 is 9.84 Å². The molecule has 30 heavy (non-hydrogen) atoms. The molecule has 0 fully saturated rings. The number of benzene rings is 3. The lowest BCUT2D eigenvalue weighted by Gasteiger charge is -2.26. The van der Waals surface area contributed by atoms with E-state index in [1.54, 1.807) is 0 Å². The first kappa shape index (κ1) is 20.2. The predicted octanol–water partition coefficient (Wildman–Crippen LogP) is 4.43. The Labute approximate surface area is 177 Å². The third-order valence-electron chi connectivity index (χ3n) is 5.41. The number of aliphatic hydroxyl groups is 1. The number of hydrogen-bond acceptors (Lipinski definition) is 3. The minimum atomic E-state index is -0.546. The third kappa shape index (κ3) is 4.56. The SMILES string of the molecule is CNCC(O)C(c1ccccc1)n1ccc2cc(OCCc3ccccc3)ccc21. The zero-order valence-electron chi connectivity index (χ0n) is 17.2. The number of nitrogens with one attached hydrogen (secondary N) is 1. The maximum atomic E-state index is 10.9. The molecule has 4 rings (SSSR count). The molecule has 0 bridgehead atoms. The van der Waals surface area contributed by atoms with Gasteiger partial charge in [-0.15, -0.1) is 0 Å². The van der Waals surface area contributed by atoms with Crippen molar-refractivity contribution in [3.8, 4) is 5.75 Å². The summed E-state index contributed by atoms with van der Waals surface area (Å²) >= 11 is 0. The lowest BCUT2D eigenvalue weighted by Crippen LogP contribution is -2.33. The summed E-state index contributed by atoms with van der Waals surface area (Å²) in [5.41, 5.74) is 3.43. The van der Waals surface area contributed by atoms with Crippen LogP contribution in [-0.4, -0.2) is 36.0 Å². The van der Waals surface area contributed by atoms with E-state index in [0.29, 0.717) is 13.2 Å². The summed E-state index contributed by atoms with van der Waals surface area (Å²) in [6.07, 6.45) is 2.39. The third-order valence-corrected chi connectivity index (χ3v) is 5.41. The van der Waals surface area contributed by atoms with E-state index < -0.39 is 6.10 Å². The summed E-state index contributed by atoms with van der Waals surface area (Å²) in [7, 11) is 1.86. The summed E-state index contributed by atoms with van der Waals surface area (Å²) in [5, 5.41) is 15.1. The van der Waals surface area contributed by atoms with Gasteiger partial charge >= 0.3 is 0 Å². The molecule has 0 aliphatic carbocycles. The van der Waals surface area contributed by atoms with Crippen LogP contribution in [0.1, 0.15) is 17.2 Å². The first-order chi connectivity index (χ1) is 14.8. The average molecular weight is 401 g/mol. The van der Waals surface area contributed by atoms with Crippen molar-refractivity contribution in [3.63, 3.8) is 0 Å². The van der Waals surface area contributed by atoms with Crippen LogP contribution in [0.3, 0.4) is 0 Å². The molecule has 2 atom stereocenters. The fourth-order valence-corrected chi connectivity index (χ4v) is 3.95. The van der Waals surface area contributed by atoms with Crippen molar-refractivity contribution in [2.75, 3.05) is 20.2 Å². The minimum absolute atomic E-state index is 0.166. The van der Waals surface area contributed by atoms with Gasteiger partial charge in [0.2, 0.25) is 0 Å². The molecule has 0 saturated heterocycles. The number of fused-ring (bicyclic) bond motifs is 1. The first-order valence-corrected chi connectivity index (χ1v) is 10.4. The highest BCUT2D eigenvalue weighted by atomic mass is 16.5. The van der Waals surface area contributed by atoms with Crippen molar-refractivity contribution in [3.05, 3.63) is 102 Å². The number of aromatic nitrogens is 1. The molecule has 0 radical (unpaired) electrons. The van der Waals surface area contributed by atoms with Crippen molar-refractivity contribution in [1.82, 2.24) is 9.88 Å². The Balaban J connectivity index is 1.55. The fraction of sp³-hybridized carbons (Fsp3) is 0.231. The Morgan fingerprint density at radius 2 is 1.67 bits per heavy atom. The smallest absolute Gasteiger partial charge is 0.120 e. The maximum Gasteiger partial charge on any atom is 0.120 e. The molecule has 2 N–H and O–H groups in total. The topological polar surface area (TPSA) is 46.4 Å². The van der Waals surface area contributed by atoms with E-state index in [2.05, 4.69) is 70.7 Å². The van der Waals surface area contributed by atoms with Crippen LogP contribution in [0.15, 0.2) is 91.1 Å². The van der Waals surface area contributed by atoms with E-state index in [0.717, 1.165) is 28.6 Å². The predicted molar refractivity (Wildman–Crippen MR) is 122 cm³/mol. The summed E-state index contributed by atoms with van der Waals surface area (Å²) in [5.74, 6) is 0.864. The highest BCUT2D eigenvalue weighted by Gasteiger charge is 2.23. The molecule has 0 aliphatic heterocycles. The van der Waals surface area contributed by atoms with Crippen molar-refractivity contribution >= 4 is 10.9 Å². The van der Waals surface area contributed by atoms with E-state index in [4.69, 9.17) is 4.74 Å². The summed E-state index contributed by atoms with van der Waals surface area (Å²) in [4.78, 5) is 0. The Morgan fingerprint density at radius 3 is 2.40 bits per heavy atom. The molecule has 0 amide bonds. The van der Waals surface area contributed by atoms with Crippen LogP contribution in [0.2, 0.25) is 0 Å². The molecule has 0 saturated carbocycles. The van der Waals surface area contributed by atoms with Gasteiger partial charge in [0, 0.05) is 30.1 Å². The van der Waals surface area contributed by atoms with Gasteiger partial charge in [0.1, 0.15) is 5.75 Å². The van der Waals surface area contributed by atoms with Gasteiger partial charge in [0.05, 0.1) is 18.8 Å². The highest BCUT2D eigenvalue weighted by Crippen LogP contribution is 2.30. The number of aliphatic hydroxyl groups excluding tert-OH is 1. The second-order valence-electron chi connectivity index (χ2n) is 7.51. The van der Waals surface area contributed by atoms with E-state index >= 15 is 0 Å². The number of nitrogens with zero attached hydrogens (tertiary/aromatic N) is 1. The molecule has 1 aromatic heterocycles. The monoisotopic (exact) mass is 400 g/mol. The van der Waals surface area contributed by atoms with Gasteiger partial charge in [-0.25, -0.2) is 0 Å². The summed E-state index contributed by atoms with van der Waals surface area (Å²) in [6.45, 7) is 1.16. The molecule has 0 spiro atoms. The van der Waals surface area contributed by atoms with Crippen molar-refractivity contribution in [2.45, 2.75) is 18.6 Å². The standard InChI is InChI=1S/C26H28N2O2/c1-27-19-25(29)26(21-10-6-3-7-11-21)28-16-14-22-18-23(12-13-24(22)28)30-17-15-20-8-4-2-5-9-20/h2-14,16,18,25-27,29H,15,17,19H2,1H3. The van der Waals surface area contributed by atoms with E-state index in [1.807, 2.05) is 37.4 Å². The van der Waals surface area contributed by atoms with Gasteiger partial charge in [-0.1, -0.05) is 60.7 Å². The van der Waals surface area contributed by atoms with Crippen LogP contribution in [0.5, 0.6) is 5.75 Å². The van der Waals surface area contributed by atoms with Crippen LogP contribution < -0.4 is 10.1 Å². The average Bonchev–Trinajstić information content (AvgIpc) is 3.19. The quantitative estimate of drug-likeness (QED) is 0.437. The second-order valence-corrected chi connectivity index (χ2v) is 7.51. The van der Waals surface area contributed by atoms with Crippen LogP contribution >= 0.6 is 0 Å². The molecular weight excluding hydrogens is 372 g/mol. The second kappa shape index (κ2) is 9.61. The van der Waals surface area contributed by atoms with Crippen LogP contribution in [0, 0.1) is 0 Å². The van der Waals surface area contributed by atoms with E-state index in [-0.39, 0.29) is 6.04 Å². The molecule has 4 nitrogen and oxygen atoms in total. The zero-order chi connectivity index (χ0) is 20.8. The molecule has 4 heteroatoms. The van der Waals surface area contributed by atoms with Crippen molar-refractivity contribution in [1.29, 1.82) is 0 Å². The highest BCUT2D eigenvalue weighted by molar-refractivity contribution is 5.82. The van der Waals surface area contributed by atoms with Crippen LogP contribution in [-0.2, 0) is 6.42 Å². The lowest BCUT2D eigenvalue weighted by molar-refractivity contribution is 0.132. The summed E-state index contributed by atoms with van der Waals surface area (Å²) < 4.78 is 8.14. The molecule has 2 unspecified atom stereocenters. The maximum absolute atomic E-state index is 10.9. The van der Waals surface area contributed by atoms with E-state index in [9.17, 15) is 5.11 Å². The lowest BCUT2D eigenvalue weighted by atomic mass is 10.0. The molecule has 154 valence electrons. The Kier molecular flexibility index (Phi) is 6.47. The molecular formula is C26H28N2O2. The molecule has 3 aromatic carbocycles. The first-order valence-electron chi connectivity index (χ1n) is 10.4. The Hall–Kier alpha value is -3.08. The number of ether oxygens (including phenoxy) is 1. The molecule has 0 aliphatic rings. The van der Waals surface area contributed by atoms with Gasteiger partial charge in [0.25, 0.3) is 0 Å². The van der Waals surface area contributed by atoms with Gasteiger partial charge in [-0.2, -0.15) is 0 Å². The van der Waals surface area contributed by atoms with Gasteiger partial charge < -0.3 is 19.7 Å².